The molecule has 1 unspecified atom stereocenters. The molecule has 2 N–H and O–H groups in total. The van der Waals surface area contributed by atoms with Crippen LogP contribution < -0.4 is 10.6 Å². The smallest absolute Gasteiger partial charge is 0.191 e. The second kappa shape index (κ2) is 17.7. The molecule has 0 radical (unpaired) electrons. The highest BCUT2D eigenvalue weighted by atomic mass is 127. The fourth-order valence-electron chi connectivity index (χ4n) is 2.16. The van der Waals surface area contributed by atoms with Crippen molar-refractivity contribution in [1.29, 1.82) is 0 Å². The topological polar surface area (TPSA) is 62.7 Å². The van der Waals surface area contributed by atoms with Crippen molar-refractivity contribution in [3.05, 3.63) is 35.9 Å². The maximum absolute atomic E-state index is 12.1. The molecule has 0 bridgehead atoms. The Morgan fingerprint density at radius 3 is 2.54 bits per heavy atom. The zero-order valence-electron chi connectivity index (χ0n) is 16.0. The van der Waals surface area contributed by atoms with Gasteiger partial charge in [0.1, 0.15) is 0 Å². The van der Waals surface area contributed by atoms with Gasteiger partial charge in [0.05, 0.1) is 0 Å². The van der Waals surface area contributed by atoms with E-state index in [1.54, 1.807) is 0 Å². The molecule has 0 aliphatic rings. The Kier molecular flexibility index (Phi) is 17.3. The molecule has 0 heterocycles. The quantitative estimate of drug-likeness (QED) is 0.191. The Bertz CT molecular complexity index is 501. The molecule has 1 aromatic rings. The number of nitrogens with zero attached hydrogens (tertiary/aromatic N) is 1. The van der Waals surface area contributed by atoms with Gasteiger partial charge in [-0.05, 0) is 25.3 Å². The average Bonchev–Trinajstić information content (AvgIpc) is 2.61. The molecule has 26 heavy (non-hydrogen) atoms. The van der Waals surface area contributed by atoms with Crippen molar-refractivity contribution in [1.82, 2.24) is 10.6 Å². The summed E-state index contributed by atoms with van der Waals surface area (Å²) in [4.78, 5) is 4.53. The number of hydrogen-bond donors (Lipinski definition) is 2. The van der Waals surface area contributed by atoms with Gasteiger partial charge in [-0.3, -0.25) is 9.20 Å². The number of rotatable bonds is 13. The summed E-state index contributed by atoms with van der Waals surface area (Å²) < 4.78 is 17.7. The SMILES string of the molecule is CCCCOCCCN=C(NCC)NCCS(=O)Cc1ccccc1.I. The highest BCUT2D eigenvalue weighted by molar-refractivity contribution is 14.0. The van der Waals surface area contributed by atoms with Crippen molar-refractivity contribution in [2.45, 2.75) is 38.9 Å². The monoisotopic (exact) mass is 495 g/mol. The van der Waals surface area contributed by atoms with Crippen LogP contribution in [0.25, 0.3) is 0 Å². The Morgan fingerprint density at radius 1 is 1.12 bits per heavy atom. The maximum Gasteiger partial charge on any atom is 0.191 e. The first-order chi connectivity index (χ1) is 12.3. The van der Waals surface area contributed by atoms with E-state index in [2.05, 4.69) is 22.5 Å². The van der Waals surface area contributed by atoms with Gasteiger partial charge in [0.15, 0.2) is 5.96 Å². The van der Waals surface area contributed by atoms with Crippen LogP contribution >= 0.6 is 24.0 Å². The number of halogens is 1. The van der Waals surface area contributed by atoms with E-state index >= 15 is 0 Å². The molecule has 1 rings (SSSR count). The summed E-state index contributed by atoms with van der Waals surface area (Å²) in [5.41, 5.74) is 1.12. The highest BCUT2D eigenvalue weighted by Crippen LogP contribution is 2.02. The molecule has 0 aliphatic heterocycles. The van der Waals surface area contributed by atoms with Gasteiger partial charge in [-0.25, -0.2) is 0 Å². The van der Waals surface area contributed by atoms with Crippen LogP contribution in [-0.2, 0) is 21.3 Å². The van der Waals surface area contributed by atoms with E-state index in [9.17, 15) is 4.21 Å². The summed E-state index contributed by atoms with van der Waals surface area (Å²) in [6.45, 7) is 7.99. The van der Waals surface area contributed by atoms with Crippen molar-refractivity contribution in [2.75, 3.05) is 38.6 Å². The lowest BCUT2D eigenvalue weighted by Crippen LogP contribution is -2.39. The van der Waals surface area contributed by atoms with Crippen molar-refractivity contribution in [3.8, 4) is 0 Å². The van der Waals surface area contributed by atoms with Gasteiger partial charge in [-0.1, -0.05) is 43.7 Å². The van der Waals surface area contributed by atoms with Gasteiger partial charge in [-0.2, -0.15) is 0 Å². The molecule has 1 aromatic carbocycles. The van der Waals surface area contributed by atoms with Gasteiger partial charge in [-0.15, -0.1) is 24.0 Å². The van der Waals surface area contributed by atoms with E-state index in [1.165, 1.54) is 0 Å². The number of hydrogen-bond acceptors (Lipinski definition) is 3. The predicted octanol–water partition coefficient (Wildman–Crippen LogP) is 3.32. The largest absolute Gasteiger partial charge is 0.381 e. The van der Waals surface area contributed by atoms with E-state index in [0.717, 1.165) is 57.1 Å². The van der Waals surface area contributed by atoms with Crippen LogP contribution in [0.15, 0.2) is 35.3 Å². The van der Waals surface area contributed by atoms with Crippen LogP contribution in [0.1, 0.15) is 38.7 Å². The summed E-state index contributed by atoms with van der Waals surface area (Å²) in [6.07, 6.45) is 3.20. The minimum atomic E-state index is -0.869. The first-order valence-electron chi connectivity index (χ1n) is 9.25. The predicted molar refractivity (Wildman–Crippen MR) is 123 cm³/mol. The summed E-state index contributed by atoms with van der Waals surface area (Å²) in [7, 11) is -0.869. The Balaban J connectivity index is 0.00000625. The lowest BCUT2D eigenvalue weighted by Gasteiger charge is -2.11. The van der Waals surface area contributed by atoms with Crippen molar-refractivity contribution in [3.63, 3.8) is 0 Å². The number of guanidine groups is 1. The molecular weight excluding hydrogens is 461 g/mol. The molecule has 0 spiro atoms. The van der Waals surface area contributed by atoms with Crippen LogP contribution in [0.2, 0.25) is 0 Å². The van der Waals surface area contributed by atoms with Crippen LogP contribution in [0.3, 0.4) is 0 Å². The lowest BCUT2D eigenvalue weighted by molar-refractivity contribution is 0.130. The van der Waals surface area contributed by atoms with E-state index in [4.69, 9.17) is 4.74 Å². The number of nitrogens with one attached hydrogen (secondary N) is 2. The normalized spacial score (nSPS) is 12.3. The summed E-state index contributed by atoms with van der Waals surface area (Å²) in [5.74, 6) is 2.00. The van der Waals surface area contributed by atoms with Crippen LogP contribution in [0.4, 0.5) is 0 Å². The van der Waals surface area contributed by atoms with Gasteiger partial charge < -0.3 is 15.4 Å². The minimum absolute atomic E-state index is 0. The van der Waals surface area contributed by atoms with Gasteiger partial charge in [0.2, 0.25) is 0 Å². The second-order valence-corrected chi connectivity index (χ2v) is 7.36. The third-order valence-electron chi connectivity index (χ3n) is 3.50. The molecule has 0 saturated carbocycles. The molecule has 0 amide bonds. The molecule has 0 aromatic heterocycles. The number of benzene rings is 1. The van der Waals surface area contributed by atoms with Crippen LogP contribution in [0.5, 0.6) is 0 Å². The minimum Gasteiger partial charge on any atom is -0.381 e. The van der Waals surface area contributed by atoms with Crippen LogP contribution in [0, 0.1) is 0 Å². The molecule has 7 heteroatoms. The summed E-state index contributed by atoms with van der Waals surface area (Å²) in [5, 5.41) is 6.47. The standard InChI is InChI=1S/C19H33N3O2S.HI/c1-3-5-14-24-15-9-12-21-19(20-4-2)22-13-16-25(23)17-18-10-7-6-8-11-18;/h6-8,10-11H,3-5,9,12-17H2,1-2H3,(H2,20,21,22);1H. The average molecular weight is 495 g/mol. The van der Waals surface area contributed by atoms with Crippen molar-refractivity contribution >= 4 is 40.7 Å². The molecule has 1 atom stereocenters. The molecule has 0 saturated heterocycles. The number of aliphatic imine (C=N–C) groups is 1. The van der Waals surface area contributed by atoms with Crippen molar-refractivity contribution in [2.24, 2.45) is 4.99 Å². The summed E-state index contributed by atoms with van der Waals surface area (Å²) in [6, 6.07) is 9.96. The third kappa shape index (κ3) is 13.5. The Morgan fingerprint density at radius 2 is 1.85 bits per heavy atom. The number of ether oxygens (including phenoxy) is 1. The molecule has 5 nitrogen and oxygen atoms in total. The fourth-order valence-corrected chi connectivity index (χ4v) is 3.20. The van der Waals surface area contributed by atoms with E-state index in [1.807, 2.05) is 37.3 Å². The van der Waals surface area contributed by atoms with Gasteiger partial charge >= 0.3 is 0 Å². The first kappa shape index (κ1) is 25.3. The molecular formula is C19H34IN3O2S. The fraction of sp³-hybridized carbons (Fsp3) is 0.632. The maximum atomic E-state index is 12.1. The molecule has 150 valence electrons. The van der Waals surface area contributed by atoms with Crippen LogP contribution in [-0.4, -0.2) is 48.8 Å². The Hall–Kier alpha value is -0.670. The highest BCUT2D eigenvalue weighted by Gasteiger charge is 2.03. The van der Waals surface area contributed by atoms with E-state index < -0.39 is 10.8 Å². The molecule has 0 aliphatic carbocycles. The van der Waals surface area contributed by atoms with E-state index in [0.29, 0.717) is 18.1 Å². The van der Waals surface area contributed by atoms with Crippen molar-refractivity contribution < 1.29 is 8.95 Å². The van der Waals surface area contributed by atoms with E-state index in [-0.39, 0.29) is 24.0 Å². The third-order valence-corrected chi connectivity index (χ3v) is 4.81. The zero-order chi connectivity index (χ0) is 18.2. The first-order valence-corrected chi connectivity index (χ1v) is 10.7. The van der Waals surface area contributed by atoms with Gasteiger partial charge in [0, 0.05) is 55.2 Å². The second-order valence-electron chi connectivity index (χ2n) is 5.78. The summed E-state index contributed by atoms with van der Waals surface area (Å²) >= 11 is 0. The Labute approximate surface area is 178 Å². The zero-order valence-corrected chi connectivity index (χ0v) is 19.2. The number of unbranched alkanes of at least 4 members (excludes halogenated alkanes) is 1. The molecule has 0 fully saturated rings. The van der Waals surface area contributed by atoms with Gasteiger partial charge in [0.25, 0.3) is 0 Å². The lowest BCUT2D eigenvalue weighted by atomic mass is 10.2.